The number of benzene rings is 2. The third-order valence-corrected chi connectivity index (χ3v) is 4.90. The highest BCUT2D eigenvalue weighted by Crippen LogP contribution is 2.36. The van der Waals surface area contributed by atoms with Crippen molar-refractivity contribution in [1.82, 2.24) is 14.8 Å². The minimum atomic E-state index is 0.274. The molecule has 0 unspecified atom stereocenters. The van der Waals surface area contributed by atoms with Gasteiger partial charge in [0.05, 0.1) is 0 Å². The van der Waals surface area contributed by atoms with E-state index in [1.54, 1.807) is 0 Å². The van der Waals surface area contributed by atoms with E-state index < -0.39 is 0 Å². The zero-order valence-corrected chi connectivity index (χ0v) is 14.0. The Morgan fingerprint density at radius 2 is 1.80 bits per heavy atom. The van der Waals surface area contributed by atoms with Crippen molar-refractivity contribution in [1.29, 1.82) is 0 Å². The average Bonchev–Trinajstić information content (AvgIpc) is 3.27. The van der Waals surface area contributed by atoms with Gasteiger partial charge < -0.3 is 14.4 Å². The van der Waals surface area contributed by atoms with Gasteiger partial charge in [-0.1, -0.05) is 24.3 Å². The number of ether oxygens (including phenoxy) is 2. The Bertz CT molecular complexity index is 950. The molecule has 1 aromatic heterocycles. The van der Waals surface area contributed by atoms with Gasteiger partial charge in [-0.3, -0.25) is 4.57 Å². The number of hydrogen-bond donors (Lipinski definition) is 0. The van der Waals surface area contributed by atoms with E-state index in [4.69, 9.17) is 9.47 Å². The Labute approximate surface area is 145 Å². The molecule has 25 heavy (non-hydrogen) atoms. The third-order valence-electron chi connectivity index (χ3n) is 4.90. The lowest BCUT2D eigenvalue weighted by Crippen LogP contribution is -2.32. The Balaban J connectivity index is 1.47. The minimum absolute atomic E-state index is 0.274. The van der Waals surface area contributed by atoms with Crippen LogP contribution in [0.5, 0.6) is 11.5 Å². The number of aromatic nitrogens is 3. The van der Waals surface area contributed by atoms with Gasteiger partial charge in [0.2, 0.25) is 12.7 Å². The van der Waals surface area contributed by atoms with Gasteiger partial charge in [0.25, 0.3) is 0 Å². The first kappa shape index (κ1) is 14.3. The van der Waals surface area contributed by atoms with E-state index in [0.717, 1.165) is 48.3 Å². The van der Waals surface area contributed by atoms with Crippen LogP contribution in [0.4, 0.5) is 5.95 Å². The summed E-state index contributed by atoms with van der Waals surface area (Å²) in [5.74, 6) is 3.25. The number of fused-ring (bicyclic) bond motifs is 2. The Morgan fingerprint density at radius 3 is 2.72 bits per heavy atom. The summed E-state index contributed by atoms with van der Waals surface area (Å²) in [4.78, 5) is 2.28. The Kier molecular flexibility index (Phi) is 3.16. The van der Waals surface area contributed by atoms with Gasteiger partial charge in [-0.05, 0) is 35.7 Å². The van der Waals surface area contributed by atoms with Crippen LogP contribution < -0.4 is 14.4 Å². The molecule has 6 heteroatoms. The minimum Gasteiger partial charge on any atom is -0.454 e. The highest BCUT2D eigenvalue weighted by molar-refractivity contribution is 5.63. The van der Waals surface area contributed by atoms with Crippen molar-refractivity contribution in [3.63, 3.8) is 0 Å². The quantitative estimate of drug-likeness (QED) is 0.721. The van der Waals surface area contributed by atoms with Crippen LogP contribution in [0.25, 0.3) is 11.4 Å². The van der Waals surface area contributed by atoms with Gasteiger partial charge in [-0.2, -0.15) is 0 Å². The van der Waals surface area contributed by atoms with Crippen molar-refractivity contribution in [2.75, 3.05) is 18.2 Å². The van der Waals surface area contributed by atoms with Gasteiger partial charge in [0.15, 0.2) is 17.3 Å². The lowest BCUT2D eigenvalue weighted by atomic mass is 10.0. The predicted molar refractivity (Wildman–Crippen MR) is 93.8 cm³/mol. The van der Waals surface area contributed by atoms with Gasteiger partial charge in [-0.25, -0.2) is 0 Å². The van der Waals surface area contributed by atoms with Crippen LogP contribution in [0, 0.1) is 0 Å². The van der Waals surface area contributed by atoms with E-state index in [2.05, 4.69) is 39.4 Å². The number of anilines is 1. The molecule has 0 fully saturated rings. The zero-order chi connectivity index (χ0) is 16.8. The van der Waals surface area contributed by atoms with Crippen molar-refractivity contribution in [2.45, 2.75) is 13.0 Å². The molecule has 2 aliphatic rings. The molecule has 5 rings (SSSR count). The first-order chi connectivity index (χ1) is 12.3. The predicted octanol–water partition coefficient (Wildman–Crippen LogP) is 2.77. The van der Waals surface area contributed by atoms with Gasteiger partial charge in [-0.15, -0.1) is 10.2 Å². The summed E-state index contributed by atoms with van der Waals surface area (Å²) in [6.07, 6.45) is 1.03. The van der Waals surface area contributed by atoms with Crippen LogP contribution in [-0.4, -0.2) is 28.1 Å². The number of hydrogen-bond acceptors (Lipinski definition) is 5. The van der Waals surface area contributed by atoms with Gasteiger partial charge in [0.1, 0.15) is 0 Å². The average molecular weight is 334 g/mol. The highest BCUT2D eigenvalue weighted by Gasteiger charge is 2.22. The molecule has 2 aromatic carbocycles. The zero-order valence-electron chi connectivity index (χ0n) is 14.0. The fourth-order valence-electron chi connectivity index (χ4n) is 3.55. The van der Waals surface area contributed by atoms with Crippen LogP contribution in [-0.2, 0) is 20.0 Å². The molecule has 0 spiro atoms. The van der Waals surface area contributed by atoms with E-state index in [9.17, 15) is 0 Å². The molecule has 3 heterocycles. The van der Waals surface area contributed by atoms with Crippen molar-refractivity contribution < 1.29 is 9.47 Å². The van der Waals surface area contributed by atoms with Crippen molar-refractivity contribution in [2.24, 2.45) is 7.05 Å². The standard InChI is InChI=1S/C19H18N4O2/c1-22-18(14-6-7-16-17(10-14)25-12-24-16)20-21-19(22)23-9-8-13-4-2-3-5-15(13)11-23/h2-7,10H,8-9,11-12H2,1H3. The molecule has 0 N–H and O–H groups in total. The van der Waals surface area contributed by atoms with Crippen LogP contribution >= 0.6 is 0 Å². The molecule has 0 saturated carbocycles. The summed E-state index contributed by atoms with van der Waals surface area (Å²) < 4.78 is 12.9. The van der Waals surface area contributed by atoms with Gasteiger partial charge in [0, 0.05) is 25.7 Å². The second kappa shape index (κ2) is 5.51. The second-order valence-corrected chi connectivity index (χ2v) is 6.39. The van der Waals surface area contributed by atoms with E-state index in [0.29, 0.717) is 0 Å². The molecular weight excluding hydrogens is 316 g/mol. The summed E-state index contributed by atoms with van der Waals surface area (Å²) >= 11 is 0. The first-order valence-electron chi connectivity index (χ1n) is 8.41. The van der Waals surface area contributed by atoms with Crippen LogP contribution in [0.1, 0.15) is 11.1 Å². The molecule has 6 nitrogen and oxygen atoms in total. The fraction of sp³-hybridized carbons (Fsp3) is 0.263. The van der Waals surface area contributed by atoms with Crippen molar-refractivity contribution in [3.8, 4) is 22.9 Å². The second-order valence-electron chi connectivity index (χ2n) is 6.39. The number of nitrogens with zero attached hydrogens (tertiary/aromatic N) is 4. The maximum atomic E-state index is 5.47. The normalized spacial score (nSPS) is 15.3. The van der Waals surface area contributed by atoms with E-state index in [1.807, 2.05) is 29.8 Å². The Morgan fingerprint density at radius 1 is 0.960 bits per heavy atom. The SMILES string of the molecule is Cn1c(-c2ccc3c(c2)OCO3)nnc1N1CCc2ccccc2C1. The molecule has 2 aliphatic heterocycles. The largest absolute Gasteiger partial charge is 0.454 e. The van der Waals surface area contributed by atoms with E-state index >= 15 is 0 Å². The monoisotopic (exact) mass is 334 g/mol. The molecular formula is C19H18N4O2. The molecule has 0 atom stereocenters. The summed E-state index contributed by atoms with van der Waals surface area (Å²) in [6, 6.07) is 14.5. The van der Waals surface area contributed by atoms with Gasteiger partial charge >= 0.3 is 0 Å². The maximum Gasteiger partial charge on any atom is 0.231 e. The summed E-state index contributed by atoms with van der Waals surface area (Å²) in [5, 5.41) is 8.87. The van der Waals surface area contributed by atoms with E-state index in [-0.39, 0.29) is 6.79 Å². The third kappa shape index (κ3) is 2.33. The molecule has 0 amide bonds. The summed E-state index contributed by atoms with van der Waals surface area (Å²) in [5.41, 5.74) is 3.77. The van der Waals surface area contributed by atoms with Crippen LogP contribution in [0.3, 0.4) is 0 Å². The molecule has 0 aliphatic carbocycles. The molecule has 0 saturated heterocycles. The summed E-state index contributed by atoms with van der Waals surface area (Å²) in [6.45, 7) is 2.09. The van der Waals surface area contributed by atoms with Crippen LogP contribution in [0.15, 0.2) is 42.5 Å². The lowest BCUT2D eigenvalue weighted by Gasteiger charge is -2.29. The Hall–Kier alpha value is -3.02. The molecule has 126 valence electrons. The molecule has 0 radical (unpaired) electrons. The lowest BCUT2D eigenvalue weighted by molar-refractivity contribution is 0.174. The van der Waals surface area contributed by atoms with Crippen molar-refractivity contribution in [3.05, 3.63) is 53.6 Å². The van der Waals surface area contributed by atoms with Crippen molar-refractivity contribution >= 4 is 5.95 Å². The first-order valence-corrected chi connectivity index (χ1v) is 8.41. The van der Waals surface area contributed by atoms with E-state index in [1.165, 1.54) is 11.1 Å². The highest BCUT2D eigenvalue weighted by atomic mass is 16.7. The maximum absolute atomic E-state index is 5.47. The van der Waals surface area contributed by atoms with Crippen LogP contribution in [0.2, 0.25) is 0 Å². The fourth-order valence-corrected chi connectivity index (χ4v) is 3.55. The summed E-state index contributed by atoms with van der Waals surface area (Å²) in [7, 11) is 2.01. The molecule has 0 bridgehead atoms. The topological polar surface area (TPSA) is 52.4 Å². The molecule has 3 aromatic rings. The number of rotatable bonds is 2. The smallest absolute Gasteiger partial charge is 0.231 e.